The Bertz CT molecular complexity index is 909. The Labute approximate surface area is 196 Å². The molecular formula is C21H26Cl2N4O3S. The van der Waals surface area contributed by atoms with E-state index in [1.165, 1.54) is 11.3 Å². The maximum atomic E-state index is 12.5. The molecule has 1 aromatic heterocycles. The molecule has 1 aliphatic rings. The van der Waals surface area contributed by atoms with Crippen molar-refractivity contribution in [1.29, 1.82) is 0 Å². The van der Waals surface area contributed by atoms with E-state index >= 15 is 0 Å². The van der Waals surface area contributed by atoms with Crippen LogP contribution in [0.1, 0.15) is 24.4 Å². The van der Waals surface area contributed by atoms with Crippen molar-refractivity contribution in [2.24, 2.45) is 0 Å². The zero-order valence-electron chi connectivity index (χ0n) is 17.6. The molecule has 0 radical (unpaired) electrons. The highest BCUT2D eigenvalue weighted by Crippen LogP contribution is 2.27. The van der Waals surface area contributed by atoms with Crippen molar-refractivity contribution in [1.82, 2.24) is 9.88 Å². The number of rotatable bonds is 8. The van der Waals surface area contributed by atoms with Crippen LogP contribution in [-0.4, -0.2) is 61.1 Å². The molecule has 1 fully saturated rings. The second kappa shape index (κ2) is 11.1. The first-order valence-corrected chi connectivity index (χ1v) is 11.8. The molecule has 1 aliphatic heterocycles. The van der Waals surface area contributed by atoms with Crippen LogP contribution >= 0.6 is 34.5 Å². The van der Waals surface area contributed by atoms with E-state index in [0.717, 1.165) is 43.2 Å². The van der Waals surface area contributed by atoms with Gasteiger partial charge in [0.1, 0.15) is 0 Å². The number of hydrogen-bond donors (Lipinski definition) is 1. The number of aryl methyl sites for hydroxylation is 1. The van der Waals surface area contributed by atoms with E-state index in [9.17, 15) is 9.59 Å². The van der Waals surface area contributed by atoms with Gasteiger partial charge in [-0.2, -0.15) is 0 Å². The van der Waals surface area contributed by atoms with Gasteiger partial charge in [0.05, 0.1) is 25.3 Å². The van der Waals surface area contributed by atoms with Gasteiger partial charge in [0.15, 0.2) is 5.13 Å². The van der Waals surface area contributed by atoms with Gasteiger partial charge in [-0.1, -0.05) is 30.1 Å². The minimum atomic E-state index is -0.306. The van der Waals surface area contributed by atoms with Gasteiger partial charge in [-0.15, -0.1) is 11.3 Å². The molecular weight excluding hydrogens is 459 g/mol. The summed E-state index contributed by atoms with van der Waals surface area (Å²) in [5, 5.41) is 4.62. The Kier molecular flexibility index (Phi) is 8.54. The molecule has 1 saturated heterocycles. The minimum Gasteiger partial charge on any atom is -0.466 e. The molecule has 3 rings (SSSR count). The van der Waals surface area contributed by atoms with E-state index in [4.69, 9.17) is 27.9 Å². The number of piperazine rings is 1. The number of hydrogen-bond acceptors (Lipinski definition) is 7. The summed E-state index contributed by atoms with van der Waals surface area (Å²) >= 11 is 13.6. The van der Waals surface area contributed by atoms with Crippen molar-refractivity contribution in [3.8, 4) is 0 Å². The van der Waals surface area contributed by atoms with Crippen LogP contribution in [0.25, 0.3) is 0 Å². The molecule has 31 heavy (non-hydrogen) atoms. The third kappa shape index (κ3) is 6.80. The molecule has 0 unspecified atom stereocenters. The first-order valence-electron chi connectivity index (χ1n) is 10.2. The van der Waals surface area contributed by atoms with Crippen LogP contribution in [0.15, 0.2) is 18.2 Å². The number of halogens is 2. The van der Waals surface area contributed by atoms with Crippen molar-refractivity contribution in [2.45, 2.75) is 26.7 Å². The van der Waals surface area contributed by atoms with Crippen molar-refractivity contribution in [3.63, 3.8) is 0 Å². The number of nitrogens with zero attached hydrogens (tertiary/aromatic N) is 3. The monoisotopic (exact) mass is 484 g/mol. The average molecular weight is 485 g/mol. The molecule has 2 aromatic rings. The standard InChI is InChI=1S/C21H26Cl2N4O3S/c1-3-18-17(12-20(29)30-4-2)24-21(31-18)25-19(28)13-26-5-7-27(8-6-26)16-10-14(22)9-15(23)11-16/h9-11H,3-8,12-13H2,1-2H3,(H,24,25,28). The summed E-state index contributed by atoms with van der Waals surface area (Å²) in [4.78, 5) is 34.0. The van der Waals surface area contributed by atoms with Gasteiger partial charge in [0.25, 0.3) is 0 Å². The summed E-state index contributed by atoms with van der Waals surface area (Å²) in [6, 6.07) is 5.52. The molecule has 0 saturated carbocycles. The summed E-state index contributed by atoms with van der Waals surface area (Å²) < 4.78 is 5.00. The minimum absolute atomic E-state index is 0.113. The quantitative estimate of drug-likeness (QED) is 0.573. The fourth-order valence-corrected chi connectivity index (χ4v) is 4.90. The number of thiazole rings is 1. The third-order valence-electron chi connectivity index (χ3n) is 4.91. The van der Waals surface area contributed by atoms with Gasteiger partial charge in [0.2, 0.25) is 5.91 Å². The SMILES string of the molecule is CCOC(=O)Cc1nc(NC(=O)CN2CCN(c3cc(Cl)cc(Cl)c3)CC2)sc1CC. The van der Waals surface area contributed by atoms with Gasteiger partial charge in [-0.05, 0) is 31.5 Å². The lowest BCUT2D eigenvalue weighted by molar-refractivity contribution is -0.142. The zero-order valence-corrected chi connectivity index (χ0v) is 19.9. The number of carbonyl (C=O) groups is 2. The Balaban J connectivity index is 1.51. The van der Waals surface area contributed by atoms with E-state index in [0.29, 0.717) is 34.0 Å². The molecule has 168 valence electrons. The summed E-state index contributed by atoms with van der Waals surface area (Å²) in [6.07, 6.45) is 0.872. The Morgan fingerprint density at radius 1 is 1.13 bits per heavy atom. The first kappa shape index (κ1) is 23.8. The number of esters is 1. The molecule has 1 aromatic carbocycles. The van der Waals surface area contributed by atoms with Crippen molar-refractivity contribution >= 4 is 57.2 Å². The number of carbonyl (C=O) groups excluding carboxylic acids is 2. The van der Waals surface area contributed by atoms with E-state index in [2.05, 4.69) is 20.1 Å². The van der Waals surface area contributed by atoms with Crippen LogP contribution in [0.2, 0.25) is 10.0 Å². The summed E-state index contributed by atoms with van der Waals surface area (Å²) in [6.45, 7) is 7.48. The molecule has 2 heterocycles. The predicted octanol–water partition coefficient (Wildman–Crippen LogP) is 3.88. The van der Waals surface area contributed by atoms with Gasteiger partial charge in [-0.25, -0.2) is 4.98 Å². The highest BCUT2D eigenvalue weighted by molar-refractivity contribution is 7.15. The van der Waals surface area contributed by atoms with Gasteiger partial charge in [-0.3, -0.25) is 14.5 Å². The highest BCUT2D eigenvalue weighted by atomic mass is 35.5. The Morgan fingerprint density at radius 3 is 2.42 bits per heavy atom. The number of nitrogens with one attached hydrogen (secondary N) is 1. The molecule has 7 nitrogen and oxygen atoms in total. The summed E-state index contributed by atoms with van der Waals surface area (Å²) in [5.41, 5.74) is 1.67. The topological polar surface area (TPSA) is 74.8 Å². The summed E-state index contributed by atoms with van der Waals surface area (Å²) in [5.74, 6) is -0.419. The predicted molar refractivity (Wildman–Crippen MR) is 126 cm³/mol. The second-order valence-corrected chi connectivity index (χ2v) is 9.12. The number of ether oxygens (including phenoxy) is 1. The normalized spacial score (nSPS) is 14.5. The molecule has 0 spiro atoms. The largest absolute Gasteiger partial charge is 0.466 e. The number of amides is 1. The zero-order chi connectivity index (χ0) is 22.4. The van der Waals surface area contributed by atoms with Crippen LogP contribution in [-0.2, 0) is 27.2 Å². The van der Waals surface area contributed by atoms with Gasteiger partial charge in [0, 0.05) is 46.8 Å². The van der Waals surface area contributed by atoms with E-state index in [1.807, 2.05) is 19.1 Å². The third-order valence-corrected chi connectivity index (χ3v) is 6.51. The van der Waals surface area contributed by atoms with Crippen LogP contribution in [0, 0.1) is 0 Å². The van der Waals surface area contributed by atoms with Gasteiger partial charge < -0.3 is 15.0 Å². The molecule has 0 atom stereocenters. The number of aromatic nitrogens is 1. The fraction of sp³-hybridized carbons (Fsp3) is 0.476. The number of benzene rings is 1. The maximum absolute atomic E-state index is 12.5. The highest BCUT2D eigenvalue weighted by Gasteiger charge is 2.21. The van der Waals surface area contributed by atoms with Crippen LogP contribution in [0.5, 0.6) is 0 Å². The van der Waals surface area contributed by atoms with Crippen LogP contribution < -0.4 is 10.2 Å². The van der Waals surface area contributed by atoms with Gasteiger partial charge >= 0.3 is 5.97 Å². The Morgan fingerprint density at radius 2 is 1.81 bits per heavy atom. The first-order chi connectivity index (χ1) is 14.9. The molecule has 0 aliphatic carbocycles. The van der Waals surface area contributed by atoms with E-state index < -0.39 is 0 Å². The lowest BCUT2D eigenvalue weighted by Crippen LogP contribution is -2.48. The lowest BCUT2D eigenvalue weighted by atomic mass is 10.2. The molecule has 0 bridgehead atoms. The fourth-order valence-electron chi connectivity index (χ4n) is 3.45. The maximum Gasteiger partial charge on any atom is 0.311 e. The lowest BCUT2D eigenvalue weighted by Gasteiger charge is -2.35. The average Bonchev–Trinajstić information content (AvgIpc) is 3.08. The smallest absolute Gasteiger partial charge is 0.311 e. The van der Waals surface area contributed by atoms with Crippen LogP contribution in [0.4, 0.5) is 10.8 Å². The van der Waals surface area contributed by atoms with E-state index in [1.54, 1.807) is 13.0 Å². The van der Waals surface area contributed by atoms with Crippen molar-refractivity contribution in [2.75, 3.05) is 49.5 Å². The number of anilines is 2. The molecule has 10 heteroatoms. The summed E-state index contributed by atoms with van der Waals surface area (Å²) in [7, 11) is 0. The van der Waals surface area contributed by atoms with Crippen LogP contribution in [0.3, 0.4) is 0 Å². The second-order valence-electron chi connectivity index (χ2n) is 7.16. The molecule has 1 amide bonds. The van der Waals surface area contributed by atoms with E-state index in [-0.39, 0.29) is 18.3 Å². The van der Waals surface area contributed by atoms with Crippen molar-refractivity contribution < 1.29 is 14.3 Å². The Hall–Kier alpha value is -1.87. The molecule has 1 N–H and O–H groups in total. The van der Waals surface area contributed by atoms with Crippen molar-refractivity contribution in [3.05, 3.63) is 38.8 Å².